The van der Waals surface area contributed by atoms with Gasteiger partial charge < -0.3 is 9.73 Å². The second-order valence-corrected chi connectivity index (χ2v) is 4.90. The van der Waals surface area contributed by atoms with E-state index in [2.05, 4.69) is 31.3 Å². The number of aryl methyl sites for hydroxylation is 2. The Morgan fingerprint density at radius 3 is 2.55 bits per heavy atom. The van der Waals surface area contributed by atoms with Gasteiger partial charge in [-0.15, -0.1) is 0 Å². The zero-order valence-electron chi connectivity index (χ0n) is 11.4. The Balaban J connectivity index is 2.10. The molecule has 0 amide bonds. The molecular formula is C17H15NO2. The predicted octanol–water partition coefficient (Wildman–Crippen LogP) is 4.15. The number of hydrogen-bond donors (Lipinski definition) is 1. The molecule has 0 unspecified atom stereocenters. The van der Waals surface area contributed by atoms with Crippen LogP contribution in [0.3, 0.4) is 0 Å². The van der Waals surface area contributed by atoms with Crippen LogP contribution in [-0.4, -0.2) is 0 Å². The van der Waals surface area contributed by atoms with Crippen molar-refractivity contribution in [3.05, 3.63) is 70.1 Å². The summed E-state index contributed by atoms with van der Waals surface area (Å²) in [7, 11) is 0. The zero-order valence-corrected chi connectivity index (χ0v) is 11.4. The topological polar surface area (TPSA) is 42.2 Å². The maximum atomic E-state index is 11.6. The number of nitrogens with one attached hydrogen (secondary N) is 1. The van der Waals surface area contributed by atoms with E-state index in [4.69, 9.17) is 4.42 Å². The van der Waals surface area contributed by atoms with Crippen molar-refractivity contribution in [1.82, 2.24) is 0 Å². The predicted molar refractivity (Wildman–Crippen MR) is 81.7 cm³/mol. The second kappa shape index (κ2) is 4.85. The highest BCUT2D eigenvalue weighted by molar-refractivity contribution is 5.91. The molecule has 20 heavy (non-hydrogen) atoms. The third-order valence-electron chi connectivity index (χ3n) is 3.44. The van der Waals surface area contributed by atoms with Crippen molar-refractivity contribution in [2.24, 2.45) is 0 Å². The minimum absolute atomic E-state index is 0.352. The van der Waals surface area contributed by atoms with Crippen molar-refractivity contribution in [3.8, 4) is 0 Å². The summed E-state index contributed by atoms with van der Waals surface area (Å²) in [5.74, 6) is 0. The SMILES string of the molecule is Cc1ccc(Nc2cc(=O)oc3ccccc23)cc1C. The zero-order chi connectivity index (χ0) is 14.1. The Morgan fingerprint density at radius 1 is 0.950 bits per heavy atom. The Labute approximate surface area is 116 Å². The molecule has 0 atom stereocenters. The molecule has 1 heterocycles. The average molecular weight is 265 g/mol. The molecule has 0 radical (unpaired) electrons. The lowest BCUT2D eigenvalue weighted by Gasteiger charge is -2.10. The molecule has 0 saturated carbocycles. The summed E-state index contributed by atoms with van der Waals surface area (Å²) in [5, 5.41) is 4.19. The van der Waals surface area contributed by atoms with Crippen molar-refractivity contribution >= 4 is 22.3 Å². The highest BCUT2D eigenvalue weighted by Gasteiger charge is 2.05. The van der Waals surface area contributed by atoms with Crippen LogP contribution in [-0.2, 0) is 0 Å². The van der Waals surface area contributed by atoms with Crippen LogP contribution < -0.4 is 10.9 Å². The van der Waals surface area contributed by atoms with Crippen molar-refractivity contribution < 1.29 is 4.42 Å². The number of para-hydroxylation sites is 1. The van der Waals surface area contributed by atoms with E-state index in [1.165, 1.54) is 17.2 Å². The van der Waals surface area contributed by atoms with Gasteiger partial charge in [-0.3, -0.25) is 0 Å². The Bertz CT molecular complexity index is 834. The maximum absolute atomic E-state index is 11.6. The van der Waals surface area contributed by atoms with Crippen LogP contribution in [0.2, 0.25) is 0 Å². The molecule has 3 heteroatoms. The first kappa shape index (κ1) is 12.5. The largest absolute Gasteiger partial charge is 0.423 e. The quantitative estimate of drug-likeness (QED) is 0.708. The standard InChI is InChI=1S/C17H15NO2/c1-11-7-8-13(9-12(11)2)18-15-10-17(19)20-16-6-4-3-5-14(15)16/h3-10,18H,1-2H3. The lowest BCUT2D eigenvalue weighted by atomic mass is 10.1. The molecule has 1 N–H and O–H groups in total. The van der Waals surface area contributed by atoms with Gasteiger partial charge in [-0.05, 0) is 49.2 Å². The van der Waals surface area contributed by atoms with Gasteiger partial charge in [-0.25, -0.2) is 4.79 Å². The normalized spacial score (nSPS) is 10.7. The van der Waals surface area contributed by atoms with Crippen molar-refractivity contribution in [3.63, 3.8) is 0 Å². The van der Waals surface area contributed by atoms with Crippen molar-refractivity contribution in [2.75, 3.05) is 5.32 Å². The summed E-state index contributed by atoms with van der Waals surface area (Å²) >= 11 is 0. The first-order valence-corrected chi connectivity index (χ1v) is 6.51. The summed E-state index contributed by atoms with van der Waals surface area (Å²) < 4.78 is 5.19. The van der Waals surface area contributed by atoms with Gasteiger partial charge in [0.15, 0.2) is 0 Å². The molecule has 2 aromatic carbocycles. The van der Waals surface area contributed by atoms with Crippen LogP contribution in [0.5, 0.6) is 0 Å². The first-order chi connectivity index (χ1) is 9.63. The molecular weight excluding hydrogens is 250 g/mol. The summed E-state index contributed by atoms with van der Waals surface area (Å²) in [4.78, 5) is 11.6. The van der Waals surface area contributed by atoms with E-state index in [1.807, 2.05) is 24.3 Å². The molecule has 3 rings (SSSR count). The molecule has 0 saturated heterocycles. The van der Waals surface area contributed by atoms with E-state index in [0.717, 1.165) is 16.8 Å². The van der Waals surface area contributed by atoms with Crippen LogP contribution in [0.1, 0.15) is 11.1 Å². The van der Waals surface area contributed by atoms with Gasteiger partial charge in [0.1, 0.15) is 5.58 Å². The lowest BCUT2D eigenvalue weighted by molar-refractivity contribution is 0.561. The minimum Gasteiger partial charge on any atom is -0.423 e. The molecule has 0 aliphatic carbocycles. The van der Waals surface area contributed by atoms with Crippen LogP contribution in [0, 0.1) is 13.8 Å². The van der Waals surface area contributed by atoms with E-state index in [-0.39, 0.29) is 5.63 Å². The van der Waals surface area contributed by atoms with E-state index in [1.54, 1.807) is 6.07 Å². The summed E-state index contributed by atoms with van der Waals surface area (Å²) in [5.41, 5.74) is 4.42. The number of benzene rings is 2. The molecule has 1 aromatic heterocycles. The van der Waals surface area contributed by atoms with Crippen LogP contribution in [0.4, 0.5) is 11.4 Å². The average Bonchev–Trinajstić information content (AvgIpc) is 2.43. The Morgan fingerprint density at radius 2 is 1.75 bits per heavy atom. The molecule has 3 nitrogen and oxygen atoms in total. The summed E-state index contributed by atoms with van der Waals surface area (Å²) in [6.45, 7) is 4.14. The first-order valence-electron chi connectivity index (χ1n) is 6.51. The monoisotopic (exact) mass is 265 g/mol. The second-order valence-electron chi connectivity index (χ2n) is 4.90. The third kappa shape index (κ3) is 2.30. The highest BCUT2D eigenvalue weighted by Crippen LogP contribution is 2.25. The molecule has 100 valence electrons. The molecule has 0 fully saturated rings. The van der Waals surface area contributed by atoms with Gasteiger partial charge in [0.2, 0.25) is 0 Å². The third-order valence-corrected chi connectivity index (χ3v) is 3.44. The molecule has 0 spiro atoms. The molecule has 0 bridgehead atoms. The number of rotatable bonds is 2. The van der Waals surface area contributed by atoms with Gasteiger partial charge in [-0.2, -0.15) is 0 Å². The maximum Gasteiger partial charge on any atom is 0.338 e. The fraction of sp³-hybridized carbons (Fsp3) is 0.118. The summed E-state index contributed by atoms with van der Waals surface area (Å²) in [6.07, 6.45) is 0. The van der Waals surface area contributed by atoms with E-state index in [9.17, 15) is 4.79 Å². The number of hydrogen-bond acceptors (Lipinski definition) is 3. The highest BCUT2D eigenvalue weighted by atomic mass is 16.4. The van der Waals surface area contributed by atoms with E-state index >= 15 is 0 Å². The molecule has 3 aromatic rings. The molecule has 0 aliphatic heterocycles. The lowest BCUT2D eigenvalue weighted by Crippen LogP contribution is -2.01. The van der Waals surface area contributed by atoms with Gasteiger partial charge in [0.25, 0.3) is 0 Å². The summed E-state index contributed by atoms with van der Waals surface area (Å²) in [6, 6.07) is 15.1. The minimum atomic E-state index is -0.352. The fourth-order valence-electron chi connectivity index (χ4n) is 2.19. The van der Waals surface area contributed by atoms with E-state index < -0.39 is 0 Å². The van der Waals surface area contributed by atoms with Gasteiger partial charge >= 0.3 is 5.63 Å². The van der Waals surface area contributed by atoms with Crippen LogP contribution >= 0.6 is 0 Å². The Kier molecular flexibility index (Phi) is 3.03. The van der Waals surface area contributed by atoms with Crippen molar-refractivity contribution in [1.29, 1.82) is 0 Å². The van der Waals surface area contributed by atoms with Gasteiger partial charge in [-0.1, -0.05) is 18.2 Å². The van der Waals surface area contributed by atoms with E-state index in [0.29, 0.717) is 5.58 Å². The van der Waals surface area contributed by atoms with Crippen molar-refractivity contribution in [2.45, 2.75) is 13.8 Å². The van der Waals surface area contributed by atoms with Gasteiger partial charge in [0.05, 0.1) is 5.69 Å². The Hall–Kier alpha value is -2.55. The number of anilines is 2. The van der Waals surface area contributed by atoms with Crippen LogP contribution in [0.25, 0.3) is 11.0 Å². The van der Waals surface area contributed by atoms with Gasteiger partial charge in [0, 0.05) is 17.1 Å². The van der Waals surface area contributed by atoms with Crippen LogP contribution in [0.15, 0.2) is 57.7 Å². The smallest absolute Gasteiger partial charge is 0.338 e. The molecule has 0 aliphatic rings. The fourth-order valence-corrected chi connectivity index (χ4v) is 2.19. The number of fused-ring (bicyclic) bond motifs is 1.